The summed E-state index contributed by atoms with van der Waals surface area (Å²) in [5, 5.41) is 9.60. The van der Waals surface area contributed by atoms with Crippen molar-refractivity contribution >= 4 is 10.9 Å². The molecule has 1 saturated carbocycles. The molecule has 4 heterocycles. The predicted octanol–water partition coefficient (Wildman–Crippen LogP) is 4.36. The van der Waals surface area contributed by atoms with Gasteiger partial charge in [-0.05, 0) is 55.4 Å². The Balaban J connectivity index is 1.42. The number of rotatable bonds is 5. The fraction of sp³-hybridized carbons (Fsp3) is 0.286. The third-order valence-electron chi connectivity index (χ3n) is 7.78. The summed E-state index contributed by atoms with van der Waals surface area (Å²) in [4.78, 5) is 21.4. The van der Waals surface area contributed by atoms with Crippen molar-refractivity contribution in [3.8, 4) is 16.9 Å². The molecule has 180 valence electrons. The van der Waals surface area contributed by atoms with Crippen molar-refractivity contribution in [2.24, 2.45) is 14.1 Å². The van der Waals surface area contributed by atoms with Crippen molar-refractivity contribution in [3.63, 3.8) is 0 Å². The average Bonchev–Trinajstić information content (AvgIpc) is 3.22. The minimum absolute atomic E-state index is 0.0481. The average molecular weight is 478 g/mol. The first kappa shape index (κ1) is 21.1. The lowest BCUT2D eigenvalue weighted by molar-refractivity contribution is 0.508. The summed E-state index contributed by atoms with van der Waals surface area (Å²) in [6.45, 7) is 2.14. The van der Waals surface area contributed by atoms with Crippen LogP contribution in [0.1, 0.15) is 49.1 Å². The van der Waals surface area contributed by atoms with E-state index in [4.69, 9.17) is 0 Å². The highest BCUT2D eigenvalue weighted by atomic mass is 16.1. The Bertz CT molecular complexity index is 1740. The van der Waals surface area contributed by atoms with Gasteiger partial charge >= 0.3 is 0 Å². The van der Waals surface area contributed by atoms with E-state index in [1.165, 1.54) is 11.1 Å². The second kappa shape index (κ2) is 7.40. The number of aromatic nitrogens is 7. The summed E-state index contributed by atoms with van der Waals surface area (Å²) in [5.41, 5.74) is 6.80. The Morgan fingerprint density at radius 2 is 1.97 bits per heavy atom. The summed E-state index contributed by atoms with van der Waals surface area (Å²) in [6, 6.07) is 8.31. The summed E-state index contributed by atoms with van der Waals surface area (Å²) in [5.74, 6) is 1.38. The Morgan fingerprint density at radius 1 is 1.14 bits per heavy atom. The third-order valence-corrected chi connectivity index (χ3v) is 7.78. The smallest absolute Gasteiger partial charge is 0.279 e. The van der Waals surface area contributed by atoms with E-state index in [0.29, 0.717) is 11.4 Å². The maximum Gasteiger partial charge on any atom is 0.279 e. The van der Waals surface area contributed by atoms with Crippen LogP contribution in [0.2, 0.25) is 0 Å². The van der Waals surface area contributed by atoms with Gasteiger partial charge in [0.15, 0.2) is 0 Å². The summed E-state index contributed by atoms with van der Waals surface area (Å²) in [6.07, 6.45) is 14.8. The molecule has 1 fully saturated rings. The molecule has 0 amide bonds. The van der Waals surface area contributed by atoms with Crippen molar-refractivity contribution in [1.29, 1.82) is 0 Å². The quantitative estimate of drug-likeness (QED) is 0.381. The number of benzene rings is 1. The monoisotopic (exact) mass is 477 g/mol. The predicted molar refractivity (Wildman–Crippen MR) is 138 cm³/mol. The molecule has 2 aliphatic carbocycles. The van der Waals surface area contributed by atoms with Gasteiger partial charge < -0.3 is 14.1 Å². The van der Waals surface area contributed by atoms with Gasteiger partial charge in [0, 0.05) is 43.1 Å². The summed E-state index contributed by atoms with van der Waals surface area (Å²) < 4.78 is 5.79. The first-order chi connectivity index (χ1) is 17.5. The largest absolute Gasteiger partial charge is 0.356 e. The Kier molecular flexibility index (Phi) is 4.34. The molecular formula is C28H27N7O. The van der Waals surface area contributed by atoms with Crippen LogP contribution in [0.25, 0.3) is 27.8 Å². The number of H-pyrrole nitrogens is 1. The lowest BCUT2D eigenvalue weighted by Crippen LogP contribution is -2.35. The molecule has 0 radical (unpaired) electrons. The molecule has 5 aromatic rings. The first-order valence-electron chi connectivity index (χ1n) is 12.3. The SMILES string of the molecule is CC1=C[C@@](c2cccc(-n3cc(C4CC4)c4c(-c5cncn5C)c[nH]c4c3=O)c2)(c2nncn2C)C1. The molecule has 4 aromatic heterocycles. The Hall–Kier alpha value is -4.20. The Morgan fingerprint density at radius 3 is 2.64 bits per heavy atom. The highest BCUT2D eigenvalue weighted by molar-refractivity contribution is 5.97. The zero-order chi connectivity index (χ0) is 24.6. The van der Waals surface area contributed by atoms with E-state index in [1.54, 1.807) is 12.7 Å². The van der Waals surface area contributed by atoms with Gasteiger partial charge in [-0.25, -0.2) is 4.98 Å². The minimum atomic E-state index is -0.336. The van der Waals surface area contributed by atoms with Gasteiger partial charge in [-0.15, -0.1) is 10.2 Å². The molecule has 8 heteroatoms. The lowest BCUT2D eigenvalue weighted by Gasteiger charge is -2.38. The van der Waals surface area contributed by atoms with Gasteiger partial charge in [-0.2, -0.15) is 0 Å². The molecule has 8 nitrogen and oxygen atoms in total. The third kappa shape index (κ3) is 2.93. The van der Waals surface area contributed by atoms with E-state index < -0.39 is 0 Å². The molecule has 1 aromatic carbocycles. The number of hydrogen-bond acceptors (Lipinski definition) is 4. The standard InChI is InChI=1S/C28H27N7O/c1-17-10-28(11-17,27-32-31-16-34(27)3)19-5-4-6-20(9-19)35-14-22(18-7-8-18)24-21(12-30-25(24)26(35)36)23-13-29-15-33(23)2/h4-6,9-10,12-16,18,30H,7-8,11H2,1-3H3/t28-/m1/s1. The summed E-state index contributed by atoms with van der Waals surface area (Å²) in [7, 11) is 3.96. The second-order valence-corrected chi connectivity index (χ2v) is 10.3. The molecule has 2 aliphatic rings. The topological polar surface area (TPSA) is 86.3 Å². The van der Waals surface area contributed by atoms with Gasteiger partial charge in [0.25, 0.3) is 5.56 Å². The summed E-state index contributed by atoms with van der Waals surface area (Å²) >= 11 is 0. The zero-order valence-electron chi connectivity index (χ0n) is 20.6. The van der Waals surface area contributed by atoms with Gasteiger partial charge in [0.2, 0.25) is 0 Å². The maximum absolute atomic E-state index is 13.8. The number of allylic oxidation sites excluding steroid dienone is 2. The number of hydrogen-bond donors (Lipinski definition) is 1. The van der Waals surface area contributed by atoms with Crippen LogP contribution in [0.5, 0.6) is 0 Å². The number of aryl methyl sites for hydroxylation is 2. The fourth-order valence-corrected chi connectivity index (χ4v) is 5.90. The molecule has 0 spiro atoms. The van der Waals surface area contributed by atoms with Crippen molar-refractivity contribution in [2.45, 2.75) is 37.5 Å². The highest BCUT2D eigenvalue weighted by Gasteiger charge is 2.42. The van der Waals surface area contributed by atoms with E-state index in [1.807, 2.05) is 52.3 Å². The van der Waals surface area contributed by atoms with Crippen LogP contribution < -0.4 is 5.56 Å². The van der Waals surface area contributed by atoms with Crippen LogP contribution in [0.4, 0.5) is 0 Å². The van der Waals surface area contributed by atoms with Gasteiger partial charge in [-0.1, -0.05) is 23.8 Å². The van der Waals surface area contributed by atoms with E-state index in [2.05, 4.69) is 51.5 Å². The van der Waals surface area contributed by atoms with Crippen LogP contribution in [-0.4, -0.2) is 33.9 Å². The van der Waals surface area contributed by atoms with Crippen molar-refractivity contribution < 1.29 is 0 Å². The molecule has 7 rings (SSSR count). The maximum atomic E-state index is 13.8. The molecule has 0 unspecified atom stereocenters. The number of aromatic amines is 1. The van der Waals surface area contributed by atoms with E-state index in [-0.39, 0.29) is 11.0 Å². The van der Waals surface area contributed by atoms with Crippen LogP contribution in [-0.2, 0) is 19.5 Å². The van der Waals surface area contributed by atoms with Crippen LogP contribution in [0.3, 0.4) is 0 Å². The molecule has 0 saturated heterocycles. The normalized spacial score (nSPS) is 19.5. The first-order valence-corrected chi connectivity index (χ1v) is 12.3. The number of fused-ring (bicyclic) bond motifs is 1. The molecule has 0 bridgehead atoms. The van der Waals surface area contributed by atoms with E-state index in [0.717, 1.165) is 53.0 Å². The highest BCUT2D eigenvalue weighted by Crippen LogP contribution is 2.47. The van der Waals surface area contributed by atoms with Crippen LogP contribution in [0.15, 0.2) is 72.0 Å². The molecule has 36 heavy (non-hydrogen) atoms. The lowest BCUT2D eigenvalue weighted by atomic mass is 9.66. The number of imidazole rings is 1. The van der Waals surface area contributed by atoms with E-state index >= 15 is 0 Å². The zero-order valence-corrected chi connectivity index (χ0v) is 20.6. The van der Waals surface area contributed by atoms with Crippen molar-refractivity contribution in [1.82, 2.24) is 33.9 Å². The number of nitrogens with zero attached hydrogens (tertiary/aromatic N) is 6. The fourth-order valence-electron chi connectivity index (χ4n) is 5.90. The van der Waals surface area contributed by atoms with Crippen LogP contribution >= 0.6 is 0 Å². The van der Waals surface area contributed by atoms with Gasteiger partial charge in [0.1, 0.15) is 17.7 Å². The van der Waals surface area contributed by atoms with E-state index in [9.17, 15) is 4.79 Å². The molecule has 1 atom stereocenters. The Labute approximate surface area is 207 Å². The number of pyridine rings is 1. The molecule has 1 N–H and O–H groups in total. The number of nitrogens with one attached hydrogen (secondary N) is 1. The van der Waals surface area contributed by atoms with Crippen molar-refractivity contribution in [2.75, 3.05) is 0 Å². The second-order valence-electron chi connectivity index (χ2n) is 10.3. The molecule has 0 aliphatic heterocycles. The van der Waals surface area contributed by atoms with Crippen molar-refractivity contribution in [3.05, 3.63) is 94.5 Å². The minimum Gasteiger partial charge on any atom is -0.356 e. The van der Waals surface area contributed by atoms with Gasteiger partial charge in [-0.3, -0.25) is 9.36 Å². The van der Waals surface area contributed by atoms with Crippen LogP contribution in [0, 0.1) is 0 Å². The molecular weight excluding hydrogens is 450 g/mol. The van der Waals surface area contributed by atoms with Gasteiger partial charge in [0.05, 0.1) is 23.6 Å².